The summed E-state index contributed by atoms with van der Waals surface area (Å²) in [7, 11) is 0. The van der Waals surface area contributed by atoms with Crippen molar-refractivity contribution in [3.8, 4) is 0 Å². The molecule has 0 amide bonds. The molecule has 0 saturated carbocycles. The molecule has 0 spiro atoms. The summed E-state index contributed by atoms with van der Waals surface area (Å²) in [6.45, 7) is 5.73. The van der Waals surface area contributed by atoms with Gasteiger partial charge in [-0.15, -0.1) is 0 Å². The first-order chi connectivity index (χ1) is 15.9. The largest absolute Gasteiger partial charge is 0.363 e. The van der Waals surface area contributed by atoms with Gasteiger partial charge in [0.05, 0.1) is 41.9 Å². The Hall–Kier alpha value is -3.69. The van der Waals surface area contributed by atoms with Gasteiger partial charge in [-0.1, -0.05) is 18.2 Å². The summed E-state index contributed by atoms with van der Waals surface area (Å²) in [6, 6.07) is 5.34. The van der Waals surface area contributed by atoms with Crippen molar-refractivity contribution in [1.29, 1.82) is 0 Å². The van der Waals surface area contributed by atoms with Crippen LogP contribution in [-0.4, -0.2) is 31.0 Å². The van der Waals surface area contributed by atoms with Gasteiger partial charge in [-0.25, -0.2) is 33.1 Å². The van der Waals surface area contributed by atoms with Gasteiger partial charge in [0.25, 0.3) is 6.43 Å². The van der Waals surface area contributed by atoms with Crippen LogP contribution in [0.3, 0.4) is 0 Å². The molecule has 1 aliphatic rings. The average Bonchev–Trinajstić information content (AvgIpc) is 3.26. The third kappa shape index (κ3) is 3.96. The highest BCUT2D eigenvalue weighted by atomic mass is 19.3. The molecule has 170 valence electrons. The maximum Gasteiger partial charge on any atom is 0.266 e. The summed E-state index contributed by atoms with van der Waals surface area (Å²) in [6.07, 6.45) is 2.48. The van der Waals surface area contributed by atoms with E-state index in [1.165, 1.54) is 12.1 Å². The highest BCUT2D eigenvalue weighted by Crippen LogP contribution is 2.31. The van der Waals surface area contributed by atoms with Gasteiger partial charge in [0.1, 0.15) is 23.3 Å². The quantitative estimate of drug-likeness (QED) is 0.468. The molecule has 5 rings (SSSR count). The van der Waals surface area contributed by atoms with E-state index < -0.39 is 23.8 Å². The fraction of sp³-hybridized carbons (Fsp3) is 0.304. The number of alkyl halides is 2. The maximum absolute atomic E-state index is 14.7. The van der Waals surface area contributed by atoms with Crippen LogP contribution in [-0.2, 0) is 13.1 Å². The molecule has 0 unspecified atom stereocenters. The summed E-state index contributed by atoms with van der Waals surface area (Å²) in [5.41, 5.74) is 1.28. The van der Waals surface area contributed by atoms with E-state index in [0.717, 1.165) is 36.1 Å². The number of aromatic nitrogens is 5. The number of pyridine rings is 1. The Balaban J connectivity index is 1.49. The van der Waals surface area contributed by atoms with Crippen molar-refractivity contribution in [3.05, 3.63) is 71.4 Å². The van der Waals surface area contributed by atoms with Gasteiger partial charge in [-0.05, 0) is 19.9 Å². The second-order valence-corrected chi connectivity index (χ2v) is 8.10. The molecule has 0 radical (unpaired) electrons. The molecule has 4 aromatic rings. The van der Waals surface area contributed by atoms with Gasteiger partial charge in [0.2, 0.25) is 0 Å². The molecule has 33 heavy (non-hydrogen) atoms. The topological polar surface area (TPSA) is 71.8 Å². The number of nitrogens with zero attached hydrogens (tertiary/aromatic N) is 6. The number of nitrogens with one attached hydrogen (secondary N) is 1. The predicted octanol–water partition coefficient (Wildman–Crippen LogP) is 4.80. The van der Waals surface area contributed by atoms with Crippen molar-refractivity contribution in [3.63, 3.8) is 0 Å². The van der Waals surface area contributed by atoms with Crippen molar-refractivity contribution in [1.82, 2.24) is 24.5 Å². The lowest BCUT2D eigenvalue weighted by molar-refractivity contribution is 0.146. The van der Waals surface area contributed by atoms with Gasteiger partial charge in [-0.3, -0.25) is 0 Å². The summed E-state index contributed by atoms with van der Waals surface area (Å²) in [4.78, 5) is 19.9. The van der Waals surface area contributed by atoms with Gasteiger partial charge >= 0.3 is 0 Å². The highest BCUT2D eigenvalue weighted by Gasteiger charge is 2.22. The Morgan fingerprint density at radius 1 is 1.09 bits per heavy atom. The maximum atomic E-state index is 14.7. The number of imidazole rings is 1. The third-order valence-electron chi connectivity index (χ3n) is 5.88. The fourth-order valence-corrected chi connectivity index (χ4v) is 4.15. The Bertz CT molecular complexity index is 1320. The molecule has 0 fully saturated rings. The van der Waals surface area contributed by atoms with E-state index in [1.807, 2.05) is 18.6 Å². The standard InChI is InChI=1S/C23H22F3N7/c1-13(16-4-3-5-17(21(16)24)22(25)26)29-23-18-8-20(28-10-19(18)30-14(2)31-23)32-6-7-33-12-27-9-15(33)11-32/h3-5,8-10,12-13,22H,6-7,11H2,1-2H3,(H,29,30,31)/t13-/m1/s1. The molecule has 3 aromatic heterocycles. The summed E-state index contributed by atoms with van der Waals surface area (Å²) in [5, 5.41) is 3.92. The fourth-order valence-electron chi connectivity index (χ4n) is 4.15. The Kier molecular flexibility index (Phi) is 5.35. The Morgan fingerprint density at radius 2 is 1.91 bits per heavy atom. The van der Waals surface area contributed by atoms with E-state index in [2.05, 4.69) is 34.7 Å². The van der Waals surface area contributed by atoms with Crippen molar-refractivity contribution in [2.45, 2.75) is 39.4 Å². The number of fused-ring (bicyclic) bond motifs is 2. The molecule has 4 heterocycles. The second kappa shape index (κ2) is 8.34. The first-order valence-electron chi connectivity index (χ1n) is 10.6. The molecule has 7 nitrogen and oxygen atoms in total. The van der Waals surface area contributed by atoms with Crippen LogP contribution in [0, 0.1) is 12.7 Å². The lowest BCUT2D eigenvalue weighted by atomic mass is 10.0. The smallest absolute Gasteiger partial charge is 0.266 e. The molecular formula is C23H22F3N7. The molecule has 10 heteroatoms. The summed E-state index contributed by atoms with van der Waals surface area (Å²) < 4.78 is 43.1. The lowest BCUT2D eigenvalue weighted by Gasteiger charge is -2.29. The molecular weight excluding hydrogens is 431 g/mol. The van der Waals surface area contributed by atoms with Crippen LogP contribution in [0.15, 0.2) is 43.0 Å². The van der Waals surface area contributed by atoms with Crippen LogP contribution >= 0.6 is 0 Å². The van der Waals surface area contributed by atoms with E-state index in [4.69, 9.17) is 0 Å². The van der Waals surface area contributed by atoms with Gasteiger partial charge in [0.15, 0.2) is 0 Å². The lowest BCUT2D eigenvalue weighted by Crippen LogP contribution is -2.33. The highest BCUT2D eigenvalue weighted by molar-refractivity contribution is 5.90. The minimum absolute atomic E-state index is 0.149. The van der Waals surface area contributed by atoms with Gasteiger partial charge in [0, 0.05) is 30.2 Å². The van der Waals surface area contributed by atoms with Crippen LogP contribution in [0.5, 0.6) is 0 Å². The molecule has 1 aliphatic heterocycles. The number of halogens is 3. The zero-order valence-corrected chi connectivity index (χ0v) is 18.1. The third-order valence-corrected chi connectivity index (χ3v) is 5.88. The van der Waals surface area contributed by atoms with E-state index in [9.17, 15) is 13.2 Å². The monoisotopic (exact) mass is 453 g/mol. The van der Waals surface area contributed by atoms with E-state index in [0.29, 0.717) is 23.7 Å². The number of anilines is 2. The van der Waals surface area contributed by atoms with Crippen LogP contribution in [0.1, 0.15) is 42.0 Å². The molecule has 1 aromatic carbocycles. The van der Waals surface area contributed by atoms with Crippen LogP contribution in [0.2, 0.25) is 0 Å². The number of benzene rings is 1. The van der Waals surface area contributed by atoms with Gasteiger partial charge in [-0.2, -0.15) is 0 Å². The van der Waals surface area contributed by atoms with Gasteiger partial charge < -0.3 is 14.8 Å². The SMILES string of the molecule is Cc1nc(N[C@H](C)c2cccc(C(F)F)c2F)c2cc(N3CCn4cncc4C3)ncc2n1. The summed E-state index contributed by atoms with van der Waals surface area (Å²) in [5.74, 6) is 0.881. The number of aryl methyl sites for hydroxylation is 1. The zero-order chi connectivity index (χ0) is 23.1. The van der Waals surface area contributed by atoms with Crippen molar-refractivity contribution in [2.75, 3.05) is 16.8 Å². The second-order valence-electron chi connectivity index (χ2n) is 8.10. The molecule has 0 saturated heterocycles. The van der Waals surface area contributed by atoms with Crippen LogP contribution in [0.4, 0.5) is 24.8 Å². The van der Waals surface area contributed by atoms with E-state index in [1.54, 1.807) is 20.0 Å². The average molecular weight is 453 g/mol. The van der Waals surface area contributed by atoms with Crippen molar-refractivity contribution in [2.24, 2.45) is 0 Å². The first-order valence-corrected chi connectivity index (χ1v) is 10.6. The van der Waals surface area contributed by atoms with Crippen LogP contribution < -0.4 is 10.2 Å². The minimum Gasteiger partial charge on any atom is -0.363 e. The van der Waals surface area contributed by atoms with Crippen LogP contribution in [0.25, 0.3) is 10.9 Å². The summed E-state index contributed by atoms with van der Waals surface area (Å²) >= 11 is 0. The zero-order valence-electron chi connectivity index (χ0n) is 18.1. The molecule has 1 N–H and O–H groups in total. The number of rotatable bonds is 5. The molecule has 0 bridgehead atoms. The molecule has 0 aliphatic carbocycles. The number of hydrogen-bond donors (Lipinski definition) is 1. The van der Waals surface area contributed by atoms with E-state index >= 15 is 0 Å². The van der Waals surface area contributed by atoms with Crippen molar-refractivity contribution < 1.29 is 13.2 Å². The minimum atomic E-state index is -2.88. The Labute approximate surface area is 188 Å². The first kappa shape index (κ1) is 21.2. The van der Waals surface area contributed by atoms with Crippen molar-refractivity contribution >= 4 is 22.5 Å². The number of hydrogen-bond acceptors (Lipinski definition) is 6. The molecule has 1 atom stereocenters. The normalized spacial score (nSPS) is 14.5. The predicted molar refractivity (Wildman–Crippen MR) is 119 cm³/mol. The Morgan fingerprint density at radius 3 is 2.73 bits per heavy atom. The van der Waals surface area contributed by atoms with E-state index in [-0.39, 0.29) is 5.56 Å².